The SMILES string of the molecule is CCc1cccc(CC)c1NC(=O)c1ccnc(C(=O)Nc2ccc(F)cc2)c1. The number of halogens is 1. The van der Waals surface area contributed by atoms with Gasteiger partial charge in [-0.25, -0.2) is 4.39 Å². The maximum absolute atomic E-state index is 13.0. The third-order valence-electron chi connectivity index (χ3n) is 4.59. The molecule has 5 nitrogen and oxygen atoms in total. The second-order valence-corrected chi connectivity index (χ2v) is 6.50. The Balaban J connectivity index is 1.79. The first-order valence-electron chi connectivity index (χ1n) is 9.47. The first kappa shape index (κ1) is 20.2. The van der Waals surface area contributed by atoms with Crippen LogP contribution < -0.4 is 10.6 Å². The van der Waals surface area contributed by atoms with Crippen LogP contribution in [0, 0.1) is 5.82 Å². The van der Waals surface area contributed by atoms with E-state index in [4.69, 9.17) is 0 Å². The molecule has 3 aromatic rings. The highest BCUT2D eigenvalue weighted by atomic mass is 19.1. The molecule has 2 aromatic carbocycles. The van der Waals surface area contributed by atoms with Gasteiger partial charge in [-0.1, -0.05) is 32.0 Å². The minimum absolute atomic E-state index is 0.0986. The molecule has 0 spiro atoms. The molecule has 0 saturated carbocycles. The number of pyridine rings is 1. The fourth-order valence-electron chi connectivity index (χ4n) is 3.01. The molecule has 6 heteroatoms. The number of anilines is 2. The Morgan fingerprint density at radius 3 is 2.17 bits per heavy atom. The highest BCUT2D eigenvalue weighted by Crippen LogP contribution is 2.23. The number of carbonyl (C=O) groups excluding carboxylic acids is 2. The summed E-state index contributed by atoms with van der Waals surface area (Å²) < 4.78 is 13.0. The molecule has 0 unspecified atom stereocenters. The Hall–Kier alpha value is -3.54. The summed E-state index contributed by atoms with van der Waals surface area (Å²) in [5.74, 6) is -1.17. The first-order valence-corrected chi connectivity index (χ1v) is 9.47. The first-order chi connectivity index (χ1) is 14.0. The van der Waals surface area contributed by atoms with Gasteiger partial charge in [0.1, 0.15) is 11.5 Å². The van der Waals surface area contributed by atoms with Crippen molar-refractivity contribution in [3.63, 3.8) is 0 Å². The van der Waals surface area contributed by atoms with E-state index in [1.807, 2.05) is 32.0 Å². The van der Waals surface area contributed by atoms with Crippen molar-refractivity contribution in [1.82, 2.24) is 4.98 Å². The minimum atomic E-state index is -0.477. The zero-order chi connectivity index (χ0) is 20.8. The second kappa shape index (κ2) is 9.10. The molecular formula is C23H22FN3O2. The van der Waals surface area contributed by atoms with Gasteiger partial charge in [0, 0.05) is 23.1 Å². The van der Waals surface area contributed by atoms with Gasteiger partial charge in [-0.2, -0.15) is 0 Å². The molecule has 0 aliphatic heterocycles. The lowest BCUT2D eigenvalue weighted by Gasteiger charge is -2.14. The lowest BCUT2D eigenvalue weighted by Crippen LogP contribution is -2.18. The van der Waals surface area contributed by atoms with E-state index in [1.165, 1.54) is 36.5 Å². The Morgan fingerprint density at radius 2 is 1.55 bits per heavy atom. The molecule has 29 heavy (non-hydrogen) atoms. The molecule has 1 aromatic heterocycles. The van der Waals surface area contributed by atoms with Gasteiger partial charge in [-0.05, 0) is 60.4 Å². The van der Waals surface area contributed by atoms with Gasteiger partial charge in [0.15, 0.2) is 0 Å². The van der Waals surface area contributed by atoms with Crippen LogP contribution in [0.3, 0.4) is 0 Å². The number of nitrogens with one attached hydrogen (secondary N) is 2. The summed E-state index contributed by atoms with van der Waals surface area (Å²) in [5, 5.41) is 5.62. The fourth-order valence-corrected chi connectivity index (χ4v) is 3.01. The fraction of sp³-hybridized carbons (Fsp3) is 0.174. The summed E-state index contributed by atoms with van der Waals surface area (Å²) in [5.41, 5.74) is 3.80. The number of aryl methyl sites for hydroxylation is 2. The van der Waals surface area contributed by atoms with Crippen LogP contribution in [0.4, 0.5) is 15.8 Å². The van der Waals surface area contributed by atoms with Crippen LogP contribution in [0.2, 0.25) is 0 Å². The highest BCUT2D eigenvalue weighted by Gasteiger charge is 2.15. The number of para-hydroxylation sites is 1. The van der Waals surface area contributed by atoms with E-state index in [1.54, 1.807) is 6.07 Å². The smallest absolute Gasteiger partial charge is 0.274 e. The van der Waals surface area contributed by atoms with Gasteiger partial charge < -0.3 is 10.6 Å². The molecule has 0 fully saturated rings. The third kappa shape index (κ3) is 4.85. The quantitative estimate of drug-likeness (QED) is 0.631. The predicted molar refractivity (Wildman–Crippen MR) is 112 cm³/mol. The van der Waals surface area contributed by atoms with Crippen molar-refractivity contribution < 1.29 is 14.0 Å². The molecule has 2 amide bonds. The van der Waals surface area contributed by atoms with E-state index in [0.29, 0.717) is 11.3 Å². The lowest BCUT2D eigenvalue weighted by molar-refractivity contribution is 0.102. The standard InChI is InChI=1S/C23H22FN3O2/c1-3-15-6-5-7-16(4-2)21(15)27-22(28)17-12-13-25-20(14-17)23(29)26-19-10-8-18(24)9-11-19/h5-14H,3-4H2,1-2H3,(H,26,29)(H,27,28). The summed E-state index contributed by atoms with van der Waals surface area (Å²) in [6.07, 6.45) is 3.01. The van der Waals surface area contributed by atoms with Crippen LogP contribution in [0.25, 0.3) is 0 Å². The van der Waals surface area contributed by atoms with Crippen LogP contribution in [0.5, 0.6) is 0 Å². The van der Waals surface area contributed by atoms with Crippen molar-refractivity contribution in [3.05, 3.63) is 89.0 Å². The van der Waals surface area contributed by atoms with E-state index in [9.17, 15) is 14.0 Å². The largest absolute Gasteiger partial charge is 0.321 e. The van der Waals surface area contributed by atoms with Crippen molar-refractivity contribution in [2.24, 2.45) is 0 Å². The monoisotopic (exact) mass is 391 g/mol. The molecule has 2 N–H and O–H groups in total. The van der Waals surface area contributed by atoms with Crippen LogP contribution in [-0.4, -0.2) is 16.8 Å². The van der Waals surface area contributed by atoms with Crippen molar-refractivity contribution >= 4 is 23.2 Å². The summed E-state index contributed by atoms with van der Waals surface area (Å²) in [6, 6.07) is 14.4. The van der Waals surface area contributed by atoms with Gasteiger partial charge in [0.2, 0.25) is 0 Å². The van der Waals surface area contributed by atoms with E-state index in [-0.39, 0.29) is 11.6 Å². The molecule has 0 radical (unpaired) electrons. The number of benzene rings is 2. The van der Waals surface area contributed by atoms with Crippen LogP contribution in [0.1, 0.15) is 45.8 Å². The number of hydrogen-bond donors (Lipinski definition) is 2. The Bertz CT molecular complexity index is 1010. The van der Waals surface area contributed by atoms with Crippen molar-refractivity contribution in [1.29, 1.82) is 0 Å². The molecule has 148 valence electrons. The molecule has 0 atom stereocenters. The zero-order valence-electron chi connectivity index (χ0n) is 16.3. The average molecular weight is 391 g/mol. The summed E-state index contributed by atoms with van der Waals surface area (Å²) in [6.45, 7) is 4.07. The summed E-state index contributed by atoms with van der Waals surface area (Å²) in [4.78, 5) is 29.3. The van der Waals surface area contributed by atoms with Crippen LogP contribution in [-0.2, 0) is 12.8 Å². The van der Waals surface area contributed by atoms with E-state index >= 15 is 0 Å². The van der Waals surface area contributed by atoms with Gasteiger partial charge >= 0.3 is 0 Å². The van der Waals surface area contributed by atoms with Crippen molar-refractivity contribution in [2.75, 3.05) is 10.6 Å². The van der Waals surface area contributed by atoms with Crippen molar-refractivity contribution in [3.8, 4) is 0 Å². The lowest BCUT2D eigenvalue weighted by atomic mass is 10.0. The van der Waals surface area contributed by atoms with Gasteiger partial charge in [-0.15, -0.1) is 0 Å². The molecule has 0 aliphatic carbocycles. The normalized spacial score (nSPS) is 10.4. The van der Waals surface area contributed by atoms with E-state index in [2.05, 4.69) is 15.6 Å². The third-order valence-corrected chi connectivity index (χ3v) is 4.59. The maximum Gasteiger partial charge on any atom is 0.274 e. The number of nitrogens with zero attached hydrogens (tertiary/aromatic N) is 1. The number of hydrogen-bond acceptors (Lipinski definition) is 3. The number of rotatable bonds is 6. The maximum atomic E-state index is 13.0. The van der Waals surface area contributed by atoms with Crippen LogP contribution >= 0.6 is 0 Å². The Kier molecular flexibility index (Phi) is 6.34. The summed E-state index contributed by atoms with van der Waals surface area (Å²) in [7, 11) is 0. The van der Waals surface area contributed by atoms with E-state index in [0.717, 1.165) is 29.7 Å². The zero-order valence-corrected chi connectivity index (χ0v) is 16.3. The Morgan fingerprint density at radius 1 is 0.897 bits per heavy atom. The number of carbonyl (C=O) groups is 2. The highest BCUT2D eigenvalue weighted by molar-refractivity contribution is 6.08. The number of amides is 2. The predicted octanol–water partition coefficient (Wildman–Crippen LogP) is 4.85. The second-order valence-electron chi connectivity index (χ2n) is 6.50. The van der Waals surface area contributed by atoms with Gasteiger partial charge in [-0.3, -0.25) is 14.6 Å². The molecular weight excluding hydrogens is 369 g/mol. The van der Waals surface area contributed by atoms with Crippen LogP contribution in [0.15, 0.2) is 60.8 Å². The van der Waals surface area contributed by atoms with Gasteiger partial charge in [0.05, 0.1) is 0 Å². The molecule has 0 bridgehead atoms. The summed E-state index contributed by atoms with van der Waals surface area (Å²) >= 11 is 0. The molecule has 3 rings (SSSR count). The topological polar surface area (TPSA) is 71.1 Å². The minimum Gasteiger partial charge on any atom is -0.321 e. The Labute approximate surface area is 169 Å². The van der Waals surface area contributed by atoms with Gasteiger partial charge in [0.25, 0.3) is 11.8 Å². The molecule has 0 aliphatic rings. The van der Waals surface area contributed by atoms with E-state index < -0.39 is 11.7 Å². The van der Waals surface area contributed by atoms with Crippen molar-refractivity contribution in [2.45, 2.75) is 26.7 Å². The average Bonchev–Trinajstić information content (AvgIpc) is 2.75. The number of aromatic nitrogens is 1. The molecule has 0 saturated heterocycles. The molecule has 1 heterocycles.